The van der Waals surface area contributed by atoms with Crippen LogP contribution in [0.5, 0.6) is 0 Å². The molecular weight excluding hydrogens is 300 g/mol. The Morgan fingerprint density at radius 3 is 1.79 bits per heavy atom. The number of carbonyl (C=O) groups is 2. The molecule has 0 aliphatic heterocycles. The van der Waals surface area contributed by atoms with Gasteiger partial charge >= 0.3 is 5.97 Å². The molecule has 1 rings (SSSR count). The summed E-state index contributed by atoms with van der Waals surface area (Å²) in [6.45, 7) is 0. The molecule has 0 aromatic heterocycles. The molecule has 0 aliphatic carbocycles. The lowest BCUT2D eigenvalue weighted by Crippen LogP contribution is -1.93. The summed E-state index contributed by atoms with van der Waals surface area (Å²) in [6.07, 6.45) is 14.4. The Hall–Kier alpha value is -1.90. The molecule has 3 nitrogen and oxygen atoms in total. The van der Waals surface area contributed by atoms with E-state index >= 15 is 0 Å². The van der Waals surface area contributed by atoms with Crippen molar-refractivity contribution >= 4 is 17.8 Å². The van der Waals surface area contributed by atoms with Crippen molar-refractivity contribution in [2.24, 2.45) is 0 Å². The third kappa shape index (κ3) is 11.6. The minimum atomic E-state index is -0.692. The molecule has 132 valence electrons. The number of carboxylic acid groups (broad SMARTS) is 1. The van der Waals surface area contributed by atoms with Gasteiger partial charge in [0.2, 0.25) is 0 Å². The van der Waals surface area contributed by atoms with Crippen LogP contribution in [0.1, 0.15) is 76.2 Å². The van der Waals surface area contributed by atoms with Gasteiger partial charge in [0.05, 0.1) is 0 Å². The second-order valence-corrected chi connectivity index (χ2v) is 6.29. The van der Waals surface area contributed by atoms with Gasteiger partial charge in [0.15, 0.2) is 5.78 Å². The van der Waals surface area contributed by atoms with E-state index in [-0.39, 0.29) is 5.78 Å². The molecule has 0 aliphatic rings. The zero-order chi connectivity index (χ0) is 17.5. The van der Waals surface area contributed by atoms with Crippen molar-refractivity contribution in [2.75, 3.05) is 0 Å². The highest BCUT2D eigenvalue weighted by molar-refractivity contribution is 5.93. The molecule has 1 N–H and O–H groups in total. The van der Waals surface area contributed by atoms with Crippen molar-refractivity contribution < 1.29 is 14.7 Å². The van der Waals surface area contributed by atoms with Crippen molar-refractivity contribution in [3.8, 4) is 0 Å². The SMILES string of the molecule is O=C(O)CCCCCCCCCCCC(=O)C=Cc1ccccc1. The Kier molecular flexibility index (Phi) is 11.4. The first kappa shape index (κ1) is 20.1. The topological polar surface area (TPSA) is 54.4 Å². The van der Waals surface area contributed by atoms with Crippen molar-refractivity contribution in [3.63, 3.8) is 0 Å². The second-order valence-electron chi connectivity index (χ2n) is 6.29. The number of hydrogen-bond acceptors (Lipinski definition) is 2. The number of unbranched alkanes of at least 4 members (excludes halogenated alkanes) is 8. The van der Waals surface area contributed by atoms with Gasteiger partial charge in [-0.3, -0.25) is 9.59 Å². The first-order valence-corrected chi connectivity index (χ1v) is 9.16. The molecule has 0 spiro atoms. The van der Waals surface area contributed by atoms with Crippen LogP contribution < -0.4 is 0 Å². The van der Waals surface area contributed by atoms with Gasteiger partial charge in [-0.15, -0.1) is 0 Å². The van der Waals surface area contributed by atoms with Crippen LogP contribution in [0.4, 0.5) is 0 Å². The van der Waals surface area contributed by atoms with Crippen LogP contribution in [0.3, 0.4) is 0 Å². The van der Waals surface area contributed by atoms with Gasteiger partial charge in [-0.25, -0.2) is 0 Å². The number of ketones is 1. The molecule has 0 unspecified atom stereocenters. The lowest BCUT2D eigenvalue weighted by molar-refractivity contribution is -0.137. The van der Waals surface area contributed by atoms with Gasteiger partial charge in [-0.2, -0.15) is 0 Å². The Labute approximate surface area is 145 Å². The molecule has 0 bridgehead atoms. The Morgan fingerprint density at radius 2 is 1.25 bits per heavy atom. The van der Waals surface area contributed by atoms with Gasteiger partial charge < -0.3 is 5.11 Å². The van der Waals surface area contributed by atoms with Crippen LogP contribution in [0.25, 0.3) is 6.08 Å². The van der Waals surface area contributed by atoms with E-state index in [2.05, 4.69) is 0 Å². The van der Waals surface area contributed by atoms with Gasteiger partial charge in [-0.1, -0.05) is 81.4 Å². The highest BCUT2D eigenvalue weighted by Gasteiger charge is 1.99. The molecule has 0 atom stereocenters. The predicted molar refractivity (Wildman–Crippen MR) is 98.9 cm³/mol. The van der Waals surface area contributed by atoms with Crippen LogP contribution in [-0.2, 0) is 9.59 Å². The van der Waals surface area contributed by atoms with Crippen molar-refractivity contribution in [2.45, 2.75) is 70.6 Å². The predicted octanol–water partition coefficient (Wildman–Crippen LogP) is 5.64. The molecular formula is C21H30O3. The zero-order valence-corrected chi connectivity index (χ0v) is 14.6. The summed E-state index contributed by atoms with van der Waals surface area (Å²) in [7, 11) is 0. The summed E-state index contributed by atoms with van der Waals surface area (Å²) >= 11 is 0. The molecule has 1 aromatic carbocycles. The number of rotatable bonds is 14. The van der Waals surface area contributed by atoms with Crippen LogP contribution in [0.2, 0.25) is 0 Å². The maximum atomic E-state index is 11.8. The molecule has 0 radical (unpaired) electrons. The van der Waals surface area contributed by atoms with E-state index in [0.717, 1.165) is 37.7 Å². The Balaban J connectivity index is 1.90. The number of aliphatic carboxylic acids is 1. The minimum Gasteiger partial charge on any atom is -0.481 e. The van der Waals surface area contributed by atoms with E-state index < -0.39 is 5.97 Å². The fourth-order valence-electron chi connectivity index (χ4n) is 2.65. The van der Waals surface area contributed by atoms with Crippen LogP contribution in [0, 0.1) is 0 Å². The number of carboxylic acids is 1. The molecule has 0 amide bonds. The maximum Gasteiger partial charge on any atom is 0.303 e. The smallest absolute Gasteiger partial charge is 0.303 e. The number of carbonyl (C=O) groups excluding carboxylic acids is 1. The molecule has 1 aromatic rings. The van der Waals surface area contributed by atoms with E-state index in [9.17, 15) is 9.59 Å². The highest BCUT2D eigenvalue weighted by Crippen LogP contribution is 2.12. The first-order chi connectivity index (χ1) is 11.7. The van der Waals surface area contributed by atoms with Crippen molar-refractivity contribution in [3.05, 3.63) is 42.0 Å². The first-order valence-electron chi connectivity index (χ1n) is 9.16. The normalized spacial score (nSPS) is 11.0. The zero-order valence-electron chi connectivity index (χ0n) is 14.6. The van der Waals surface area contributed by atoms with Crippen molar-refractivity contribution in [1.82, 2.24) is 0 Å². The largest absolute Gasteiger partial charge is 0.481 e. The summed E-state index contributed by atoms with van der Waals surface area (Å²) in [4.78, 5) is 22.1. The Bertz CT molecular complexity index is 491. The molecule has 0 heterocycles. The van der Waals surface area contributed by atoms with E-state index in [1.54, 1.807) is 6.08 Å². The summed E-state index contributed by atoms with van der Waals surface area (Å²) < 4.78 is 0. The summed E-state index contributed by atoms with van der Waals surface area (Å²) in [6, 6.07) is 9.89. The number of allylic oxidation sites excluding steroid dienone is 1. The van der Waals surface area contributed by atoms with Gasteiger partial charge in [0.25, 0.3) is 0 Å². The fourth-order valence-corrected chi connectivity index (χ4v) is 2.65. The average Bonchev–Trinajstić information content (AvgIpc) is 2.58. The average molecular weight is 330 g/mol. The van der Waals surface area contributed by atoms with Gasteiger partial charge in [-0.05, 0) is 24.5 Å². The van der Waals surface area contributed by atoms with Crippen LogP contribution in [0.15, 0.2) is 36.4 Å². The molecule has 0 saturated heterocycles. The minimum absolute atomic E-state index is 0.206. The van der Waals surface area contributed by atoms with E-state index in [0.29, 0.717) is 12.8 Å². The van der Waals surface area contributed by atoms with E-state index in [1.807, 2.05) is 36.4 Å². The van der Waals surface area contributed by atoms with E-state index in [1.165, 1.54) is 25.7 Å². The van der Waals surface area contributed by atoms with Gasteiger partial charge in [0.1, 0.15) is 0 Å². The molecule has 3 heteroatoms. The number of benzene rings is 1. The third-order valence-electron chi connectivity index (χ3n) is 4.08. The standard InChI is InChI=1S/C21H30O3/c22-20(18-17-19-13-9-8-10-14-19)15-11-6-4-2-1-3-5-7-12-16-21(23)24/h8-10,13-14,17-18H,1-7,11-12,15-16H2,(H,23,24). The van der Waals surface area contributed by atoms with Gasteiger partial charge in [0, 0.05) is 12.8 Å². The maximum absolute atomic E-state index is 11.8. The lowest BCUT2D eigenvalue weighted by atomic mass is 10.0. The molecule has 0 saturated carbocycles. The summed E-state index contributed by atoms with van der Waals surface area (Å²) in [5, 5.41) is 8.54. The highest BCUT2D eigenvalue weighted by atomic mass is 16.4. The fraction of sp³-hybridized carbons (Fsp3) is 0.524. The van der Waals surface area contributed by atoms with E-state index in [4.69, 9.17) is 5.11 Å². The third-order valence-corrected chi connectivity index (χ3v) is 4.08. The monoisotopic (exact) mass is 330 g/mol. The summed E-state index contributed by atoms with van der Waals surface area (Å²) in [5.41, 5.74) is 1.06. The van der Waals surface area contributed by atoms with Crippen LogP contribution in [-0.4, -0.2) is 16.9 Å². The lowest BCUT2D eigenvalue weighted by Gasteiger charge is -2.01. The van der Waals surface area contributed by atoms with Crippen LogP contribution >= 0.6 is 0 Å². The molecule has 0 fully saturated rings. The quantitative estimate of drug-likeness (QED) is 0.354. The Morgan fingerprint density at radius 1 is 0.750 bits per heavy atom. The molecule has 24 heavy (non-hydrogen) atoms. The number of hydrogen-bond donors (Lipinski definition) is 1. The summed E-state index contributed by atoms with van der Waals surface area (Å²) in [5.74, 6) is -0.486. The second kappa shape index (κ2) is 13.5. The van der Waals surface area contributed by atoms with Crippen molar-refractivity contribution in [1.29, 1.82) is 0 Å².